The van der Waals surface area contributed by atoms with Gasteiger partial charge in [-0.1, -0.05) is 24.3 Å². The SMILES string of the molecule is CC(NC(=O)Cc1ccc([N+](=O)[O-])cc1)c1cccc(C(F)(F)F)c1. The molecule has 0 aliphatic rings. The third-order valence-electron chi connectivity index (χ3n) is 3.60. The highest BCUT2D eigenvalue weighted by molar-refractivity contribution is 5.79. The summed E-state index contributed by atoms with van der Waals surface area (Å²) in [5.41, 5.74) is 0.0502. The molecule has 0 aromatic heterocycles. The van der Waals surface area contributed by atoms with Gasteiger partial charge in [0.1, 0.15) is 0 Å². The van der Waals surface area contributed by atoms with Crippen LogP contribution in [0.5, 0.6) is 0 Å². The molecule has 0 radical (unpaired) electrons. The Hall–Kier alpha value is -2.90. The van der Waals surface area contributed by atoms with E-state index in [1.807, 2.05) is 0 Å². The van der Waals surface area contributed by atoms with Gasteiger partial charge < -0.3 is 5.32 Å². The zero-order chi connectivity index (χ0) is 18.6. The lowest BCUT2D eigenvalue weighted by Crippen LogP contribution is -2.28. The maximum Gasteiger partial charge on any atom is 0.416 e. The summed E-state index contributed by atoms with van der Waals surface area (Å²) in [5.74, 6) is -0.390. The van der Waals surface area contributed by atoms with Crippen LogP contribution in [0.15, 0.2) is 48.5 Å². The molecule has 25 heavy (non-hydrogen) atoms. The fourth-order valence-electron chi connectivity index (χ4n) is 2.28. The minimum atomic E-state index is -4.45. The third kappa shape index (κ3) is 5.03. The van der Waals surface area contributed by atoms with Crippen LogP contribution >= 0.6 is 0 Å². The summed E-state index contributed by atoms with van der Waals surface area (Å²) in [7, 11) is 0. The molecule has 1 atom stereocenters. The van der Waals surface area contributed by atoms with E-state index >= 15 is 0 Å². The summed E-state index contributed by atoms with van der Waals surface area (Å²) in [6.45, 7) is 1.59. The van der Waals surface area contributed by atoms with Gasteiger partial charge in [-0.05, 0) is 30.2 Å². The Labute approximate surface area is 141 Å². The first-order chi connectivity index (χ1) is 11.7. The van der Waals surface area contributed by atoms with Gasteiger partial charge in [0.15, 0.2) is 0 Å². The molecule has 2 aromatic rings. The zero-order valence-corrected chi connectivity index (χ0v) is 13.2. The summed E-state index contributed by atoms with van der Waals surface area (Å²) in [5, 5.41) is 13.2. The molecule has 0 saturated carbocycles. The molecule has 1 unspecified atom stereocenters. The molecule has 2 aromatic carbocycles. The van der Waals surface area contributed by atoms with Crippen molar-refractivity contribution in [2.24, 2.45) is 0 Å². The fourth-order valence-corrected chi connectivity index (χ4v) is 2.28. The van der Waals surface area contributed by atoms with Crippen LogP contribution in [0.2, 0.25) is 0 Å². The van der Waals surface area contributed by atoms with Crippen molar-refractivity contribution in [2.75, 3.05) is 0 Å². The van der Waals surface area contributed by atoms with E-state index in [0.29, 0.717) is 11.1 Å². The topological polar surface area (TPSA) is 72.2 Å². The van der Waals surface area contributed by atoms with Crippen molar-refractivity contribution in [3.8, 4) is 0 Å². The second-order valence-corrected chi connectivity index (χ2v) is 5.51. The van der Waals surface area contributed by atoms with E-state index in [4.69, 9.17) is 0 Å². The van der Waals surface area contributed by atoms with Crippen LogP contribution in [0.4, 0.5) is 18.9 Å². The number of nitro benzene ring substituents is 1. The van der Waals surface area contributed by atoms with E-state index in [9.17, 15) is 28.1 Å². The van der Waals surface area contributed by atoms with Crippen LogP contribution < -0.4 is 5.32 Å². The smallest absolute Gasteiger partial charge is 0.349 e. The number of amides is 1. The maximum atomic E-state index is 12.7. The molecule has 1 N–H and O–H groups in total. The van der Waals surface area contributed by atoms with E-state index in [-0.39, 0.29) is 12.1 Å². The molecule has 132 valence electrons. The summed E-state index contributed by atoms with van der Waals surface area (Å²) in [6.07, 6.45) is -4.47. The highest BCUT2D eigenvalue weighted by Gasteiger charge is 2.30. The van der Waals surface area contributed by atoms with Crippen LogP contribution in [-0.2, 0) is 17.4 Å². The van der Waals surface area contributed by atoms with Crippen LogP contribution in [0, 0.1) is 10.1 Å². The van der Waals surface area contributed by atoms with Gasteiger partial charge in [-0.2, -0.15) is 13.2 Å². The highest BCUT2D eigenvalue weighted by atomic mass is 19.4. The second kappa shape index (κ2) is 7.33. The number of carbonyl (C=O) groups excluding carboxylic acids is 1. The van der Waals surface area contributed by atoms with Crippen molar-refractivity contribution < 1.29 is 22.9 Å². The van der Waals surface area contributed by atoms with Crippen molar-refractivity contribution in [1.82, 2.24) is 5.32 Å². The average Bonchev–Trinajstić information content (AvgIpc) is 2.54. The zero-order valence-electron chi connectivity index (χ0n) is 13.2. The lowest BCUT2D eigenvalue weighted by atomic mass is 10.0. The number of nitrogens with zero attached hydrogens (tertiary/aromatic N) is 1. The maximum absolute atomic E-state index is 12.7. The van der Waals surface area contributed by atoms with Gasteiger partial charge in [-0.25, -0.2) is 0 Å². The second-order valence-electron chi connectivity index (χ2n) is 5.51. The van der Waals surface area contributed by atoms with E-state index in [0.717, 1.165) is 12.1 Å². The first-order valence-corrected chi connectivity index (χ1v) is 7.36. The van der Waals surface area contributed by atoms with Gasteiger partial charge >= 0.3 is 6.18 Å². The van der Waals surface area contributed by atoms with Gasteiger partial charge in [0.25, 0.3) is 5.69 Å². The van der Waals surface area contributed by atoms with Crippen molar-refractivity contribution in [3.05, 3.63) is 75.3 Å². The predicted molar refractivity (Wildman–Crippen MR) is 84.8 cm³/mol. The number of nitrogens with one attached hydrogen (secondary N) is 1. The quantitative estimate of drug-likeness (QED) is 0.652. The summed E-state index contributed by atoms with van der Waals surface area (Å²) in [6, 6.07) is 9.67. The molecular weight excluding hydrogens is 337 g/mol. The van der Waals surface area contributed by atoms with E-state index in [1.54, 1.807) is 6.92 Å². The molecular formula is C17H15F3N2O3. The summed E-state index contributed by atoms with van der Waals surface area (Å²) >= 11 is 0. The number of halogens is 3. The van der Waals surface area contributed by atoms with Gasteiger partial charge in [-0.15, -0.1) is 0 Å². The van der Waals surface area contributed by atoms with E-state index in [2.05, 4.69) is 5.32 Å². The van der Waals surface area contributed by atoms with Crippen molar-refractivity contribution in [1.29, 1.82) is 0 Å². The van der Waals surface area contributed by atoms with Crippen LogP contribution in [0.1, 0.15) is 29.7 Å². The molecule has 2 rings (SSSR count). The Kier molecular flexibility index (Phi) is 5.41. The number of non-ortho nitro benzene ring substituents is 1. The fraction of sp³-hybridized carbons (Fsp3) is 0.235. The van der Waals surface area contributed by atoms with Crippen molar-refractivity contribution in [3.63, 3.8) is 0 Å². The predicted octanol–water partition coefficient (Wildman–Crippen LogP) is 4.03. The Bertz CT molecular complexity index is 773. The first-order valence-electron chi connectivity index (χ1n) is 7.36. The van der Waals surface area contributed by atoms with Crippen LogP contribution in [-0.4, -0.2) is 10.8 Å². The number of carbonyl (C=O) groups is 1. The van der Waals surface area contributed by atoms with E-state index < -0.39 is 28.6 Å². The lowest BCUT2D eigenvalue weighted by molar-refractivity contribution is -0.384. The minimum Gasteiger partial charge on any atom is -0.349 e. The van der Waals surface area contributed by atoms with Gasteiger partial charge in [0.05, 0.1) is 22.9 Å². The lowest BCUT2D eigenvalue weighted by Gasteiger charge is -2.16. The molecule has 0 aliphatic carbocycles. The van der Waals surface area contributed by atoms with Crippen LogP contribution in [0.25, 0.3) is 0 Å². The molecule has 0 bridgehead atoms. The Balaban J connectivity index is 2.01. The molecule has 1 amide bonds. The summed E-state index contributed by atoms with van der Waals surface area (Å²) in [4.78, 5) is 22.1. The molecule has 5 nitrogen and oxygen atoms in total. The van der Waals surface area contributed by atoms with Crippen molar-refractivity contribution >= 4 is 11.6 Å². The molecule has 0 heterocycles. The summed E-state index contributed by atoms with van der Waals surface area (Å²) < 4.78 is 38.2. The Morgan fingerprint density at radius 3 is 2.40 bits per heavy atom. The van der Waals surface area contributed by atoms with Gasteiger partial charge in [0, 0.05) is 12.1 Å². The Morgan fingerprint density at radius 1 is 1.20 bits per heavy atom. The standard InChI is InChI=1S/C17H15F3N2O3/c1-11(13-3-2-4-14(10-13)17(18,19)20)21-16(23)9-12-5-7-15(8-6-12)22(24)25/h2-8,10-11H,9H2,1H3,(H,21,23). The molecule has 8 heteroatoms. The van der Waals surface area contributed by atoms with Crippen LogP contribution in [0.3, 0.4) is 0 Å². The number of benzene rings is 2. The van der Waals surface area contributed by atoms with Gasteiger partial charge in [0.2, 0.25) is 5.91 Å². The third-order valence-corrected chi connectivity index (χ3v) is 3.60. The molecule has 0 saturated heterocycles. The molecule has 0 fully saturated rings. The number of rotatable bonds is 5. The average molecular weight is 352 g/mol. The van der Waals surface area contributed by atoms with Crippen molar-refractivity contribution in [2.45, 2.75) is 25.6 Å². The normalized spacial score (nSPS) is 12.5. The first kappa shape index (κ1) is 18.4. The molecule has 0 aliphatic heterocycles. The number of hydrogen-bond donors (Lipinski definition) is 1. The number of nitro groups is 1. The molecule has 0 spiro atoms. The highest BCUT2D eigenvalue weighted by Crippen LogP contribution is 2.30. The van der Waals surface area contributed by atoms with Gasteiger partial charge in [-0.3, -0.25) is 14.9 Å². The minimum absolute atomic E-state index is 0.0265. The number of alkyl halides is 3. The Morgan fingerprint density at radius 2 is 1.84 bits per heavy atom. The monoisotopic (exact) mass is 352 g/mol. The number of hydrogen-bond acceptors (Lipinski definition) is 3. The van der Waals surface area contributed by atoms with E-state index in [1.165, 1.54) is 36.4 Å². The largest absolute Gasteiger partial charge is 0.416 e.